The summed E-state index contributed by atoms with van der Waals surface area (Å²) in [4.78, 5) is 5.15. The van der Waals surface area contributed by atoms with E-state index >= 15 is 0 Å². The zero-order valence-corrected chi connectivity index (χ0v) is 24.2. The van der Waals surface area contributed by atoms with Gasteiger partial charge >= 0.3 is 0 Å². The third-order valence-electron chi connectivity index (χ3n) is 6.52. The van der Waals surface area contributed by atoms with Crippen LogP contribution in [-0.4, -0.2) is 4.98 Å². The lowest BCUT2D eigenvalue weighted by Crippen LogP contribution is -2.32. The molecule has 2 heterocycles. The van der Waals surface area contributed by atoms with Gasteiger partial charge in [0.05, 0.1) is 16.6 Å². The number of pyridine rings is 1. The number of hydrogen-bond donors (Lipinski definition) is 0. The molecule has 0 unspecified atom stereocenters. The molecule has 1 aromatic heterocycles. The topological polar surface area (TPSA) is 22.1 Å². The van der Waals surface area contributed by atoms with Gasteiger partial charge in [-0.1, -0.05) is 134 Å². The molecule has 5 aromatic rings. The van der Waals surface area contributed by atoms with E-state index in [-0.39, 0.29) is 0 Å². The van der Waals surface area contributed by atoms with Gasteiger partial charge in [-0.3, -0.25) is 0 Å². The monoisotopic (exact) mass is 503 g/mol. The van der Waals surface area contributed by atoms with E-state index in [2.05, 4.69) is 91.0 Å². The Morgan fingerprint density at radius 1 is 0.500 bits per heavy atom. The van der Waals surface area contributed by atoms with Crippen LogP contribution in [0, 0.1) is 0 Å². The molecule has 0 saturated heterocycles. The summed E-state index contributed by atoms with van der Waals surface area (Å²) < 4.78 is 6.36. The molecule has 1 aliphatic carbocycles. The summed E-state index contributed by atoms with van der Waals surface area (Å²) in [6.07, 6.45) is 0. The molecule has 1 aliphatic heterocycles. The number of para-hydroxylation sites is 3. The Bertz CT molecular complexity index is 1440. The van der Waals surface area contributed by atoms with Crippen molar-refractivity contribution in [2.45, 2.75) is 60.8 Å². The van der Waals surface area contributed by atoms with E-state index in [1.807, 2.05) is 67.5 Å². The fourth-order valence-electron chi connectivity index (χ4n) is 5.34. The Balaban J connectivity index is 0.000000461. The van der Waals surface area contributed by atoms with Gasteiger partial charge in [-0.2, -0.15) is 0 Å². The highest BCUT2D eigenvalue weighted by Crippen LogP contribution is 2.61. The first-order valence-electron chi connectivity index (χ1n) is 14.2. The minimum absolute atomic E-state index is 0.436. The number of benzene rings is 4. The Hall–Kier alpha value is -3.91. The predicted octanol–water partition coefficient (Wildman–Crippen LogP) is 10.8. The van der Waals surface area contributed by atoms with Gasteiger partial charge in [0.2, 0.25) is 0 Å². The van der Waals surface area contributed by atoms with Crippen LogP contribution in [0.4, 0.5) is 0 Å². The van der Waals surface area contributed by atoms with Crippen molar-refractivity contribution in [3.05, 3.63) is 125 Å². The Labute approximate surface area is 229 Å². The molecule has 7 rings (SSSR count). The van der Waals surface area contributed by atoms with Crippen molar-refractivity contribution in [1.82, 2.24) is 4.98 Å². The van der Waals surface area contributed by atoms with Crippen LogP contribution in [0.15, 0.2) is 103 Å². The van der Waals surface area contributed by atoms with Gasteiger partial charge in [-0.15, -0.1) is 0 Å². The van der Waals surface area contributed by atoms with Crippen LogP contribution in [0.1, 0.15) is 77.6 Å². The summed E-state index contributed by atoms with van der Waals surface area (Å²) in [5.74, 6) is 1.82. The van der Waals surface area contributed by atoms with E-state index in [0.29, 0.717) is 0 Å². The maximum atomic E-state index is 6.36. The standard InChI is InChI=1S/C28H17NO.4C2H6/c1-6-14-24-18(9-1)17-23-27(29-24)19-10-2-3-11-20(19)28(23)21-12-4-7-15-25(21)30-26-16-8-5-13-22(26)28;4*1-2/h1-17H;4*1-2H3. The third-order valence-corrected chi connectivity index (χ3v) is 6.52. The molecular formula is C36H41NO. The summed E-state index contributed by atoms with van der Waals surface area (Å²) in [6.45, 7) is 16.0. The van der Waals surface area contributed by atoms with Gasteiger partial charge in [0.25, 0.3) is 0 Å². The van der Waals surface area contributed by atoms with Crippen molar-refractivity contribution < 1.29 is 4.74 Å². The molecule has 0 atom stereocenters. The molecular weight excluding hydrogens is 462 g/mol. The maximum Gasteiger partial charge on any atom is 0.132 e. The summed E-state index contributed by atoms with van der Waals surface area (Å²) in [7, 11) is 0. The number of rotatable bonds is 0. The molecule has 196 valence electrons. The summed E-state index contributed by atoms with van der Waals surface area (Å²) in [6, 6.07) is 36.2. The van der Waals surface area contributed by atoms with Gasteiger partial charge in [0.1, 0.15) is 11.5 Å². The number of ether oxygens (including phenoxy) is 1. The fourth-order valence-corrected chi connectivity index (χ4v) is 5.34. The minimum atomic E-state index is -0.436. The van der Waals surface area contributed by atoms with Gasteiger partial charge in [-0.05, 0) is 35.4 Å². The predicted molar refractivity (Wildman–Crippen MR) is 165 cm³/mol. The van der Waals surface area contributed by atoms with Crippen LogP contribution in [-0.2, 0) is 5.41 Å². The van der Waals surface area contributed by atoms with Gasteiger partial charge in [0, 0.05) is 22.1 Å². The summed E-state index contributed by atoms with van der Waals surface area (Å²) in [5, 5.41) is 1.16. The van der Waals surface area contributed by atoms with Crippen LogP contribution >= 0.6 is 0 Å². The lowest BCUT2D eigenvalue weighted by atomic mass is 9.66. The largest absolute Gasteiger partial charge is 0.457 e. The highest BCUT2D eigenvalue weighted by molar-refractivity contribution is 5.92. The summed E-state index contributed by atoms with van der Waals surface area (Å²) >= 11 is 0. The van der Waals surface area contributed by atoms with Crippen molar-refractivity contribution in [3.8, 4) is 22.8 Å². The molecule has 0 saturated carbocycles. The van der Waals surface area contributed by atoms with Gasteiger partial charge in [-0.25, -0.2) is 4.98 Å². The normalized spacial score (nSPS) is 12.1. The molecule has 38 heavy (non-hydrogen) atoms. The molecule has 0 N–H and O–H groups in total. The van der Waals surface area contributed by atoms with Crippen molar-refractivity contribution >= 4 is 10.9 Å². The fraction of sp³-hybridized carbons (Fsp3) is 0.250. The highest BCUT2D eigenvalue weighted by Gasteiger charge is 2.51. The second-order valence-corrected chi connectivity index (χ2v) is 7.97. The SMILES string of the molecule is CC.CC.CC.CC.c1ccc2c(c1)Oc1ccccc1C21c2ccccc2-c2nc3ccccc3cc21. The molecule has 0 amide bonds. The number of aromatic nitrogens is 1. The zero-order valence-electron chi connectivity index (χ0n) is 24.2. The first-order chi connectivity index (χ1) is 18.9. The maximum absolute atomic E-state index is 6.36. The van der Waals surface area contributed by atoms with E-state index in [1.165, 1.54) is 27.8 Å². The lowest BCUT2D eigenvalue weighted by molar-refractivity contribution is 0.436. The van der Waals surface area contributed by atoms with Crippen LogP contribution in [0.2, 0.25) is 0 Å². The third kappa shape index (κ3) is 4.39. The van der Waals surface area contributed by atoms with Crippen LogP contribution in [0.5, 0.6) is 11.5 Å². The zero-order chi connectivity index (χ0) is 27.7. The van der Waals surface area contributed by atoms with Crippen LogP contribution in [0.25, 0.3) is 22.2 Å². The Kier molecular flexibility index (Phi) is 9.85. The molecule has 0 radical (unpaired) electrons. The highest BCUT2D eigenvalue weighted by atomic mass is 16.5. The first kappa shape index (κ1) is 28.7. The van der Waals surface area contributed by atoms with E-state index in [0.717, 1.165) is 28.1 Å². The van der Waals surface area contributed by atoms with E-state index in [1.54, 1.807) is 0 Å². The summed E-state index contributed by atoms with van der Waals surface area (Å²) in [5.41, 5.74) is 7.70. The van der Waals surface area contributed by atoms with E-state index in [9.17, 15) is 0 Å². The first-order valence-corrected chi connectivity index (χ1v) is 14.2. The van der Waals surface area contributed by atoms with Crippen LogP contribution in [0.3, 0.4) is 0 Å². The smallest absolute Gasteiger partial charge is 0.132 e. The number of fused-ring (bicyclic) bond motifs is 10. The van der Waals surface area contributed by atoms with Crippen molar-refractivity contribution in [2.24, 2.45) is 0 Å². The van der Waals surface area contributed by atoms with Gasteiger partial charge in [0.15, 0.2) is 0 Å². The molecule has 2 nitrogen and oxygen atoms in total. The molecule has 1 spiro atoms. The average Bonchev–Trinajstić information content (AvgIpc) is 3.30. The van der Waals surface area contributed by atoms with Crippen molar-refractivity contribution in [1.29, 1.82) is 0 Å². The Morgan fingerprint density at radius 3 is 1.58 bits per heavy atom. The van der Waals surface area contributed by atoms with Crippen LogP contribution < -0.4 is 4.74 Å². The van der Waals surface area contributed by atoms with Crippen molar-refractivity contribution in [2.75, 3.05) is 0 Å². The minimum Gasteiger partial charge on any atom is -0.457 e. The molecule has 2 heteroatoms. The molecule has 2 aliphatic rings. The Morgan fingerprint density at radius 2 is 0.974 bits per heavy atom. The molecule has 4 aromatic carbocycles. The quantitative estimate of drug-likeness (QED) is 0.205. The molecule has 0 fully saturated rings. The second kappa shape index (κ2) is 13.1. The van der Waals surface area contributed by atoms with E-state index < -0.39 is 5.41 Å². The van der Waals surface area contributed by atoms with E-state index in [4.69, 9.17) is 9.72 Å². The number of hydrogen-bond acceptors (Lipinski definition) is 2. The average molecular weight is 504 g/mol. The second-order valence-electron chi connectivity index (χ2n) is 7.97. The number of nitrogens with zero attached hydrogens (tertiary/aromatic N) is 1. The molecule has 0 bridgehead atoms. The lowest BCUT2D eigenvalue weighted by Gasteiger charge is -2.39. The van der Waals surface area contributed by atoms with Gasteiger partial charge < -0.3 is 4.74 Å². The van der Waals surface area contributed by atoms with Crippen molar-refractivity contribution in [3.63, 3.8) is 0 Å².